The lowest BCUT2D eigenvalue weighted by Gasteiger charge is -2.22. The lowest BCUT2D eigenvalue weighted by Crippen LogP contribution is -2.41. The summed E-state index contributed by atoms with van der Waals surface area (Å²) in [4.78, 5) is 10.9. The highest BCUT2D eigenvalue weighted by molar-refractivity contribution is 5.74. The van der Waals surface area contributed by atoms with E-state index in [2.05, 4.69) is 11.4 Å². The molecule has 0 aromatic carbocycles. The van der Waals surface area contributed by atoms with Gasteiger partial charge in [0.1, 0.15) is 6.04 Å². The molecule has 0 aliphatic carbocycles. The van der Waals surface area contributed by atoms with Crippen molar-refractivity contribution in [1.82, 2.24) is 5.32 Å². The fourth-order valence-electron chi connectivity index (χ4n) is 2.17. The molecule has 78 valence electrons. The van der Waals surface area contributed by atoms with Crippen LogP contribution in [-0.2, 0) is 9.53 Å². The predicted molar refractivity (Wildman–Crippen MR) is 51.0 cm³/mol. The minimum atomic E-state index is -0.804. The van der Waals surface area contributed by atoms with Gasteiger partial charge in [-0.3, -0.25) is 4.79 Å². The predicted octanol–water partition coefficient (Wildman–Crippen LogP) is 0.394. The second-order valence-electron chi connectivity index (χ2n) is 3.83. The number of carbonyl (C=O) groups is 1. The zero-order valence-corrected chi connectivity index (χ0v) is 7.98. The molecule has 2 aliphatic rings. The minimum absolute atomic E-state index is 0.155. The van der Waals surface area contributed by atoms with Crippen LogP contribution in [0, 0.1) is 5.92 Å². The Balaban J connectivity index is 2.07. The molecule has 0 radical (unpaired) electrons. The summed E-state index contributed by atoms with van der Waals surface area (Å²) in [5.41, 5.74) is 0. The first-order chi connectivity index (χ1) is 6.79. The smallest absolute Gasteiger partial charge is 0.323 e. The van der Waals surface area contributed by atoms with Crippen LogP contribution in [0.2, 0.25) is 0 Å². The van der Waals surface area contributed by atoms with Crippen LogP contribution in [0.25, 0.3) is 0 Å². The number of allylic oxidation sites excluding steroid dienone is 1. The number of carboxylic acids is 1. The Morgan fingerprint density at radius 2 is 2.36 bits per heavy atom. The summed E-state index contributed by atoms with van der Waals surface area (Å²) in [5.74, 6) is -0.455. The summed E-state index contributed by atoms with van der Waals surface area (Å²) < 4.78 is 5.55. The van der Waals surface area contributed by atoms with Gasteiger partial charge in [0.25, 0.3) is 0 Å². The highest BCUT2D eigenvalue weighted by atomic mass is 16.5. The quantitative estimate of drug-likeness (QED) is 0.597. The largest absolute Gasteiger partial charge is 0.480 e. The first kappa shape index (κ1) is 9.68. The number of hydrogen-bond acceptors (Lipinski definition) is 3. The van der Waals surface area contributed by atoms with Crippen molar-refractivity contribution in [2.75, 3.05) is 13.2 Å². The highest BCUT2D eigenvalue weighted by Gasteiger charge is 2.40. The number of fused-ring (bicyclic) bond motifs is 1. The van der Waals surface area contributed by atoms with Gasteiger partial charge in [-0.2, -0.15) is 0 Å². The molecule has 0 bridgehead atoms. The molecule has 0 aromatic heterocycles. The van der Waals surface area contributed by atoms with Gasteiger partial charge in [-0.1, -0.05) is 12.2 Å². The van der Waals surface area contributed by atoms with Gasteiger partial charge in [0, 0.05) is 12.5 Å². The Labute approximate surface area is 82.9 Å². The summed E-state index contributed by atoms with van der Waals surface area (Å²) >= 11 is 0. The monoisotopic (exact) mass is 197 g/mol. The van der Waals surface area contributed by atoms with Crippen LogP contribution < -0.4 is 5.32 Å². The summed E-state index contributed by atoms with van der Waals surface area (Å²) in [6, 6.07) is -0.522. The van der Waals surface area contributed by atoms with E-state index in [4.69, 9.17) is 9.84 Å². The standard InChI is InChI=1S/C10H15NO3/c12-10(13)8-9-7(6-11-8)4-2-1-3-5-14-9/h1,3,7-9,11H,2,4-6H2,(H,12,13). The van der Waals surface area contributed by atoms with E-state index >= 15 is 0 Å². The van der Waals surface area contributed by atoms with Crippen molar-refractivity contribution >= 4 is 5.97 Å². The Hall–Kier alpha value is -0.870. The molecule has 0 aromatic rings. The first-order valence-corrected chi connectivity index (χ1v) is 5.02. The molecule has 3 atom stereocenters. The molecule has 1 saturated heterocycles. The van der Waals surface area contributed by atoms with E-state index in [-0.39, 0.29) is 6.10 Å². The van der Waals surface area contributed by atoms with Gasteiger partial charge in [-0.15, -0.1) is 0 Å². The summed E-state index contributed by atoms with van der Waals surface area (Å²) in [5, 5.41) is 12.0. The second-order valence-corrected chi connectivity index (χ2v) is 3.83. The van der Waals surface area contributed by atoms with Gasteiger partial charge in [-0.05, 0) is 12.8 Å². The molecule has 2 heterocycles. The Bertz CT molecular complexity index is 252. The maximum absolute atomic E-state index is 10.9. The van der Waals surface area contributed by atoms with Crippen molar-refractivity contribution in [3.8, 4) is 0 Å². The second kappa shape index (κ2) is 4.11. The number of aliphatic carboxylic acids is 1. The number of nitrogens with one attached hydrogen (secondary N) is 1. The Kier molecular flexibility index (Phi) is 2.84. The molecule has 0 saturated carbocycles. The van der Waals surface area contributed by atoms with Gasteiger partial charge < -0.3 is 15.2 Å². The van der Waals surface area contributed by atoms with Crippen LogP contribution in [-0.4, -0.2) is 36.4 Å². The average molecular weight is 197 g/mol. The molecule has 1 fully saturated rings. The van der Waals surface area contributed by atoms with Gasteiger partial charge in [0.05, 0.1) is 12.7 Å². The Morgan fingerprint density at radius 1 is 1.50 bits per heavy atom. The van der Waals surface area contributed by atoms with Crippen LogP contribution in [0.4, 0.5) is 0 Å². The van der Waals surface area contributed by atoms with Gasteiger partial charge in [0.2, 0.25) is 0 Å². The fourth-order valence-corrected chi connectivity index (χ4v) is 2.17. The maximum atomic E-state index is 10.9. The van der Waals surface area contributed by atoms with E-state index in [0.29, 0.717) is 12.5 Å². The van der Waals surface area contributed by atoms with E-state index < -0.39 is 12.0 Å². The molecular weight excluding hydrogens is 182 g/mol. The van der Waals surface area contributed by atoms with Crippen LogP contribution >= 0.6 is 0 Å². The maximum Gasteiger partial charge on any atom is 0.323 e. The SMILES string of the molecule is O=C(O)C1NCC2CCC=CCOC21. The third kappa shape index (κ3) is 1.81. The fraction of sp³-hybridized carbons (Fsp3) is 0.700. The molecule has 0 amide bonds. The highest BCUT2D eigenvalue weighted by Crippen LogP contribution is 2.24. The van der Waals surface area contributed by atoms with E-state index in [1.807, 2.05) is 6.08 Å². The molecular formula is C10H15NO3. The topological polar surface area (TPSA) is 58.6 Å². The first-order valence-electron chi connectivity index (χ1n) is 5.02. The molecule has 4 nitrogen and oxygen atoms in total. The van der Waals surface area contributed by atoms with Gasteiger partial charge >= 0.3 is 5.97 Å². The molecule has 0 spiro atoms. The van der Waals surface area contributed by atoms with E-state index in [0.717, 1.165) is 19.4 Å². The number of rotatable bonds is 1. The zero-order chi connectivity index (χ0) is 9.97. The summed E-state index contributed by atoms with van der Waals surface area (Å²) in [7, 11) is 0. The van der Waals surface area contributed by atoms with Crippen LogP contribution in [0.3, 0.4) is 0 Å². The normalized spacial score (nSPS) is 37.3. The van der Waals surface area contributed by atoms with Crippen molar-refractivity contribution in [3.63, 3.8) is 0 Å². The third-order valence-electron chi connectivity index (χ3n) is 2.91. The molecule has 2 N–H and O–H groups in total. The number of hydrogen-bond donors (Lipinski definition) is 2. The van der Waals surface area contributed by atoms with E-state index in [1.54, 1.807) is 0 Å². The molecule has 14 heavy (non-hydrogen) atoms. The minimum Gasteiger partial charge on any atom is -0.480 e. The molecule has 3 unspecified atom stereocenters. The lowest BCUT2D eigenvalue weighted by molar-refractivity contribution is -0.142. The van der Waals surface area contributed by atoms with Crippen molar-refractivity contribution in [3.05, 3.63) is 12.2 Å². The van der Waals surface area contributed by atoms with Crippen LogP contribution in [0.5, 0.6) is 0 Å². The van der Waals surface area contributed by atoms with Crippen LogP contribution in [0.15, 0.2) is 12.2 Å². The molecule has 2 rings (SSSR count). The zero-order valence-electron chi connectivity index (χ0n) is 7.98. The number of ether oxygens (including phenoxy) is 1. The average Bonchev–Trinajstić information content (AvgIpc) is 2.47. The van der Waals surface area contributed by atoms with Crippen molar-refractivity contribution in [2.24, 2.45) is 5.92 Å². The van der Waals surface area contributed by atoms with Crippen molar-refractivity contribution in [2.45, 2.75) is 25.0 Å². The van der Waals surface area contributed by atoms with E-state index in [1.165, 1.54) is 0 Å². The van der Waals surface area contributed by atoms with Gasteiger partial charge in [0.15, 0.2) is 0 Å². The van der Waals surface area contributed by atoms with E-state index in [9.17, 15) is 4.79 Å². The molecule has 4 heteroatoms. The van der Waals surface area contributed by atoms with Crippen LogP contribution in [0.1, 0.15) is 12.8 Å². The third-order valence-corrected chi connectivity index (χ3v) is 2.91. The molecule has 2 aliphatic heterocycles. The number of carboxylic acid groups (broad SMARTS) is 1. The Morgan fingerprint density at radius 3 is 3.14 bits per heavy atom. The summed E-state index contributed by atoms with van der Waals surface area (Å²) in [6.07, 6.45) is 5.95. The van der Waals surface area contributed by atoms with Gasteiger partial charge in [-0.25, -0.2) is 0 Å². The summed E-state index contributed by atoms with van der Waals surface area (Å²) in [6.45, 7) is 1.29. The van der Waals surface area contributed by atoms with Crippen molar-refractivity contribution in [1.29, 1.82) is 0 Å². The lowest BCUT2D eigenvalue weighted by atomic mass is 9.95. The van der Waals surface area contributed by atoms with Crippen molar-refractivity contribution < 1.29 is 14.6 Å².